The molecule has 0 heterocycles. The number of hydrogen-bond donors (Lipinski definition) is 0. The molecule has 32 heavy (non-hydrogen) atoms. The highest BCUT2D eigenvalue weighted by Crippen LogP contribution is 2.17. The van der Waals surface area contributed by atoms with Crippen LogP contribution in [0.5, 0.6) is 0 Å². The first kappa shape index (κ1) is 34.2. The van der Waals surface area contributed by atoms with Crippen molar-refractivity contribution in [2.75, 3.05) is 0 Å². The molecule has 0 N–H and O–H groups in total. The fraction of sp³-hybridized carbons (Fsp3) is 1.00. The molecule has 0 amide bonds. The fourth-order valence-electron chi connectivity index (χ4n) is 5.30. The van der Waals surface area contributed by atoms with Gasteiger partial charge in [-0.3, -0.25) is 0 Å². The lowest BCUT2D eigenvalue weighted by Crippen LogP contribution is -1.85. The molecule has 196 valence electrons. The lowest BCUT2D eigenvalue weighted by Gasteiger charge is -2.05. The summed E-state index contributed by atoms with van der Waals surface area (Å²) < 4.78 is 0. The summed E-state index contributed by atoms with van der Waals surface area (Å²) in [6.07, 6.45) is 45.0. The highest BCUT2D eigenvalue weighted by Gasteiger charge is 1.97. The molecule has 3 rings (SSSR count). The maximum Gasteiger partial charge on any atom is -0.0533 e. The average molecular weight is 453 g/mol. The van der Waals surface area contributed by atoms with Crippen LogP contribution in [0.25, 0.3) is 0 Å². The van der Waals surface area contributed by atoms with E-state index in [2.05, 4.69) is 0 Å². The molecular weight excluding hydrogens is 384 g/mol. The molecule has 0 spiro atoms. The van der Waals surface area contributed by atoms with Crippen LogP contribution >= 0.6 is 0 Å². The van der Waals surface area contributed by atoms with Gasteiger partial charge in [-0.15, -0.1) is 0 Å². The summed E-state index contributed by atoms with van der Waals surface area (Å²) in [6.45, 7) is 0. The second-order valence-corrected chi connectivity index (χ2v) is 10.6. The van der Waals surface area contributed by atoms with Crippen LogP contribution in [0.1, 0.15) is 207 Å². The minimum atomic E-state index is 0. The Labute approximate surface area is 207 Å². The highest BCUT2D eigenvalue weighted by atomic mass is 14.0. The molecule has 0 saturated heterocycles. The summed E-state index contributed by atoms with van der Waals surface area (Å²) in [6, 6.07) is 0. The third-order valence-corrected chi connectivity index (χ3v) is 7.50. The van der Waals surface area contributed by atoms with Crippen molar-refractivity contribution < 1.29 is 0 Å². The lowest BCUT2D eigenvalue weighted by atomic mass is 10.0. The first-order valence-corrected chi connectivity index (χ1v) is 15.0. The zero-order chi connectivity index (χ0) is 21.2. The molecule has 0 nitrogen and oxygen atoms in total. The van der Waals surface area contributed by atoms with Crippen LogP contribution < -0.4 is 0 Å². The largest absolute Gasteiger partial charge is 0.0776 e. The van der Waals surface area contributed by atoms with E-state index in [0.717, 1.165) is 0 Å². The molecular formula is C32H68. The van der Waals surface area contributed by atoms with Crippen molar-refractivity contribution in [3.05, 3.63) is 0 Å². The van der Waals surface area contributed by atoms with Gasteiger partial charge < -0.3 is 0 Å². The van der Waals surface area contributed by atoms with Gasteiger partial charge in [0.05, 0.1) is 0 Å². The second kappa shape index (κ2) is 31.0. The summed E-state index contributed by atoms with van der Waals surface area (Å²) in [7, 11) is 0. The standard InChI is InChI=1S/3C10H20.2CH4/c3*1-2-4-6-8-10-9-7-5-3-1;;/h3*1-10H2;2*1H4. The molecule has 3 aliphatic carbocycles. The van der Waals surface area contributed by atoms with Gasteiger partial charge in [-0.05, 0) is 0 Å². The maximum absolute atomic E-state index is 1.50. The van der Waals surface area contributed by atoms with E-state index < -0.39 is 0 Å². The molecule has 0 radical (unpaired) electrons. The van der Waals surface area contributed by atoms with E-state index in [1.54, 1.807) is 0 Å². The predicted molar refractivity (Wildman–Crippen MR) is 152 cm³/mol. The minimum Gasteiger partial charge on any atom is -0.0776 e. The number of hydrogen-bond acceptors (Lipinski definition) is 0. The normalized spacial score (nSPS) is 22.5. The average Bonchev–Trinajstić information content (AvgIpc) is 2.81. The molecule has 0 bridgehead atoms. The number of rotatable bonds is 0. The summed E-state index contributed by atoms with van der Waals surface area (Å²) in [5.41, 5.74) is 0. The van der Waals surface area contributed by atoms with Crippen molar-refractivity contribution in [3.8, 4) is 0 Å². The Kier molecular flexibility index (Phi) is 33.1. The molecule has 0 atom stereocenters. The smallest absolute Gasteiger partial charge is 0.0533 e. The Morgan fingerprint density at radius 3 is 0.156 bits per heavy atom. The Morgan fingerprint density at radius 1 is 0.0938 bits per heavy atom. The Morgan fingerprint density at radius 2 is 0.125 bits per heavy atom. The summed E-state index contributed by atoms with van der Waals surface area (Å²) >= 11 is 0. The van der Waals surface area contributed by atoms with Gasteiger partial charge in [-0.2, -0.15) is 0 Å². The first-order valence-electron chi connectivity index (χ1n) is 15.0. The maximum atomic E-state index is 1.50. The van der Waals surface area contributed by atoms with Crippen LogP contribution in [0.3, 0.4) is 0 Å². The van der Waals surface area contributed by atoms with E-state index in [0.29, 0.717) is 0 Å². The first-order chi connectivity index (χ1) is 15.0. The van der Waals surface area contributed by atoms with E-state index in [1.807, 2.05) is 0 Å². The van der Waals surface area contributed by atoms with Gasteiger partial charge in [-0.25, -0.2) is 0 Å². The molecule has 3 aliphatic rings. The van der Waals surface area contributed by atoms with Crippen LogP contribution in [-0.2, 0) is 0 Å². The van der Waals surface area contributed by atoms with Crippen molar-refractivity contribution in [1.29, 1.82) is 0 Å². The van der Waals surface area contributed by atoms with Gasteiger partial charge in [-0.1, -0.05) is 207 Å². The molecule has 0 aromatic carbocycles. The van der Waals surface area contributed by atoms with Gasteiger partial charge >= 0.3 is 0 Å². The molecule has 0 aromatic heterocycles. The van der Waals surface area contributed by atoms with Crippen molar-refractivity contribution in [2.24, 2.45) is 0 Å². The van der Waals surface area contributed by atoms with Gasteiger partial charge in [0.1, 0.15) is 0 Å². The minimum absolute atomic E-state index is 0. The monoisotopic (exact) mass is 453 g/mol. The molecule has 0 unspecified atom stereocenters. The van der Waals surface area contributed by atoms with Crippen molar-refractivity contribution in [2.45, 2.75) is 207 Å². The van der Waals surface area contributed by atoms with Crippen LogP contribution in [0.2, 0.25) is 0 Å². The SMILES string of the molecule is C.C.C1CCCCCCCCC1.C1CCCCCCCCC1.C1CCCCCCCCC1. The van der Waals surface area contributed by atoms with E-state index in [9.17, 15) is 0 Å². The third-order valence-electron chi connectivity index (χ3n) is 7.50. The summed E-state index contributed by atoms with van der Waals surface area (Å²) in [4.78, 5) is 0. The predicted octanol–water partition coefficient (Wildman–Crippen LogP) is 13.0. The van der Waals surface area contributed by atoms with E-state index in [4.69, 9.17) is 0 Å². The van der Waals surface area contributed by atoms with Crippen molar-refractivity contribution in [3.63, 3.8) is 0 Å². The lowest BCUT2D eigenvalue weighted by molar-refractivity contribution is 0.504. The van der Waals surface area contributed by atoms with Crippen LogP contribution in [0.15, 0.2) is 0 Å². The Hall–Kier alpha value is 0. The summed E-state index contributed by atoms with van der Waals surface area (Å²) in [5.74, 6) is 0. The Balaban J connectivity index is 0. The molecule has 3 fully saturated rings. The van der Waals surface area contributed by atoms with Crippen molar-refractivity contribution >= 4 is 0 Å². The molecule has 3 saturated carbocycles. The summed E-state index contributed by atoms with van der Waals surface area (Å²) in [5, 5.41) is 0. The van der Waals surface area contributed by atoms with Crippen LogP contribution in [0, 0.1) is 0 Å². The van der Waals surface area contributed by atoms with E-state index in [1.165, 1.54) is 193 Å². The van der Waals surface area contributed by atoms with Crippen molar-refractivity contribution in [1.82, 2.24) is 0 Å². The van der Waals surface area contributed by atoms with E-state index >= 15 is 0 Å². The Bertz CT molecular complexity index is 147. The fourth-order valence-corrected chi connectivity index (χ4v) is 5.30. The third kappa shape index (κ3) is 28.0. The second-order valence-electron chi connectivity index (χ2n) is 10.6. The van der Waals surface area contributed by atoms with Crippen LogP contribution in [-0.4, -0.2) is 0 Å². The molecule has 0 aliphatic heterocycles. The molecule has 0 heteroatoms. The topological polar surface area (TPSA) is 0 Å². The van der Waals surface area contributed by atoms with Gasteiger partial charge in [0.15, 0.2) is 0 Å². The van der Waals surface area contributed by atoms with Crippen LogP contribution in [0.4, 0.5) is 0 Å². The highest BCUT2D eigenvalue weighted by molar-refractivity contribution is 4.53. The zero-order valence-corrected chi connectivity index (χ0v) is 21.2. The van der Waals surface area contributed by atoms with Gasteiger partial charge in [0.2, 0.25) is 0 Å². The van der Waals surface area contributed by atoms with E-state index in [-0.39, 0.29) is 14.9 Å². The zero-order valence-electron chi connectivity index (χ0n) is 21.2. The van der Waals surface area contributed by atoms with Gasteiger partial charge in [0.25, 0.3) is 0 Å². The quantitative estimate of drug-likeness (QED) is 0.342. The molecule has 0 aromatic rings. The van der Waals surface area contributed by atoms with Gasteiger partial charge in [0, 0.05) is 0 Å².